The fourth-order valence-corrected chi connectivity index (χ4v) is 27.2. The van der Waals surface area contributed by atoms with E-state index in [1.54, 1.807) is 41.5 Å². The third-order valence-corrected chi connectivity index (χ3v) is 27.7. The van der Waals surface area contributed by atoms with Gasteiger partial charge in [-0.25, -0.2) is 0 Å². The van der Waals surface area contributed by atoms with Crippen molar-refractivity contribution < 1.29 is 84.2 Å². The summed E-state index contributed by atoms with van der Waals surface area (Å²) in [6.45, 7) is 9.55. The number of carbonyl (C=O) groups excluding carboxylic acids is 6. The van der Waals surface area contributed by atoms with E-state index < -0.39 is 88.5 Å². The Balaban J connectivity index is 1.74. The van der Waals surface area contributed by atoms with Crippen LogP contribution in [0.1, 0.15) is 121 Å². The molecule has 0 radical (unpaired) electrons. The summed E-state index contributed by atoms with van der Waals surface area (Å²) in [5.41, 5.74) is 8.83. The van der Waals surface area contributed by atoms with Crippen molar-refractivity contribution in [2.24, 2.45) is 0 Å². The molecule has 0 bridgehead atoms. The van der Waals surface area contributed by atoms with E-state index in [4.69, 9.17) is 19.9 Å². The minimum absolute atomic E-state index is 0.126. The van der Waals surface area contributed by atoms with Crippen molar-refractivity contribution in [2.75, 3.05) is 0 Å². The third-order valence-electron chi connectivity index (χ3n) is 11.1. The summed E-state index contributed by atoms with van der Waals surface area (Å²) >= 11 is -11.5. The van der Waals surface area contributed by atoms with Crippen LogP contribution < -0.4 is 0 Å². The number of fused-ring (bicyclic) bond motifs is 6. The van der Waals surface area contributed by atoms with Gasteiger partial charge >= 0.3 is 371 Å². The van der Waals surface area contributed by atoms with Crippen molar-refractivity contribution in [3.05, 3.63) is 118 Å². The molecule has 2 atom stereocenters. The minimum atomic E-state index is -5.74. The number of carbonyl (C=O) groups is 6. The molecule has 0 fully saturated rings. The second-order valence-electron chi connectivity index (χ2n) is 14.9. The van der Waals surface area contributed by atoms with Crippen LogP contribution in [-0.2, 0) is 97.0 Å². The van der Waals surface area contributed by atoms with Crippen LogP contribution >= 0.6 is 0 Å². The first-order chi connectivity index (χ1) is 29.4. The number of hydrogen-bond donors (Lipinski definition) is 0. The molecule has 4 aromatic carbocycles. The summed E-state index contributed by atoms with van der Waals surface area (Å²) in [6, 6.07) is 27.3. The van der Waals surface area contributed by atoms with Crippen LogP contribution in [0, 0.1) is 0 Å². The van der Waals surface area contributed by atoms with Crippen molar-refractivity contribution >= 4 is 45.3 Å². The Morgan fingerprint density at radius 2 is 0.705 bits per heavy atom. The summed E-state index contributed by atoms with van der Waals surface area (Å²) in [4.78, 5) is 82.6. The summed E-state index contributed by atoms with van der Waals surface area (Å²) in [6.07, 6.45) is 0.168. The van der Waals surface area contributed by atoms with E-state index in [0.717, 1.165) is 44.5 Å². The van der Waals surface area contributed by atoms with Gasteiger partial charge in [0.1, 0.15) is 0 Å². The van der Waals surface area contributed by atoms with E-state index in [1.165, 1.54) is 0 Å². The van der Waals surface area contributed by atoms with E-state index in [9.17, 15) is 28.8 Å². The Hall–Kier alpha value is -4.65. The summed E-state index contributed by atoms with van der Waals surface area (Å²) < 4.78 is 36.1. The fraction of sp³-hybridized carbons (Fsp3) is 0.348. The van der Waals surface area contributed by atoms with Gasteiger partial charge in [0.2, 0.25) is 0 Å². The second-order valence-corrected chi connectivity index (χ2v) is 27.4. The molecule has 0 aliphatic heterocycles. The van der Waals surface area contributed by atoms with E-state index in [-0.39, 0.29) is 38.5 Å². The van der Waals surface area contributed by atoms with Gasteiger partial charge in [-0.05, 0) is 0 Å². The first kappa shape index (κ1) is 45.9. The first-order valence-corrected chi connectivity index (χ1v) is 28.3. The van der Waals surface area contributed by atoms with Gasteiger partial charge in [-0.2, -0.15) is 0 Å². The molecular formula is C46H52O12SiTi2. The molecule has 320 valence electrons. The summed E-state index contributed by atoms with van der Waals surface area (Å²) in [7, 11) is -2.37. The topological polar surface area (TPSA) is 158 Å². The van der Waals surface area contributed by atoms with Crippen LogP contribution in [0.25, 0.3) is 22.3 Å². The van der Waals surface area contributed by atoms with Crippen molar-refractivity contribution in [3.8, 4) is 22.3 Å². The number of benzene rings is 4. The molecule has 0 amide bonds. The molecule has 0 heterocycles. The van der Waals surface area contributed by atoms with Gasteiger partial charge in [-0.15, -0.1) is 0 Å². The van der Waals surface area contributed by atoms with Gasteiger partial charge in [-0.3, -0.25) is 0 Å². The molecule has 0 N–H and O–H groups in total. The zero-order valence-corrected chi connectivity index (χ0v) is 40.0. The van der Waals surface area contributed by atoms with Crippen LogP contribution in [0.15, 0.2) is 84.9 Å². The third kappa shape index (κ3) is 9.71. The van der Waals surface area contributed by atoms with Gasteiger partial charge in [0.25, 0.3) is 0 Å². The molecule has 2 aliphatic rings. The molecule has 6 rings (SSSR count). The first-order valence-electron chi connectivity index (χ1n) is 21.1. The van der Waals surface area contributed by atoms with Crippen LogP contribution in [0.2, 0.25) is 0 Å². The Morgan fingerprint density at radius 3 is 1.00 bits per heavy atom. The normalized spacial score (nSPS) is 13.5. The van der Waals surface area contributed by atoms with E-state index in [1.807, 2.05) is 84.9 Å². The predicted octanol–water partition coefficient (Wildman–Crippen LogP) is 8.21. The molecule has 0 saturated carbocycles. The second kappa shape index (κ2) is 20.0. The Morgan fingerprint density at radius 1 is 0.426 bits per heavy atom. The Bertz CT molecular complexity index is 2090. The van der Waals surface area contributed by atoms with Crippen LogP contribution in [0.5, 0.6) is 0 Å². The van der Waals surface area contributed by atoms with Gasteiger partial charge < -0.3 is 0 Å². The number of rotatable bonds is 18. The molecule has 2 unspecified atom stereocenters. The Labute approximate surface area is 368 Å². The quantitative estimate of drug-likeness (QED) is 0.0763. The summed E-state index contributed by atoms with van der Waals surface area (Å²) in [5, 5.41) is 0. The van der Waals surface area contributed by atoms with Gasteiger partial charge in [0, 0.05) is 0 Å². The standard InChI is InChI=1S/C28H22Si.6C3H6O2.2Ti/c1-3-11-23-19(7-1)15-27-21(9-5-13-25(23)27)17-29-18-22-10-6-14-26-24-12-4-2-8-20(24)16-28(22)26;6*1-2-3(4)5;;/h1-14,17-18H,15-16,29H2;6*2H2,1H3,(H,4,5);;/q;;;;;;;2*+3/p-6. The maximum absolute atomic E-state index is 13.8. The molecule has 12 nitrogen and oxygen atoms in total. The van der Waals surface area contributed by atoms with Crippen molar-refractivity contribution in [1.29, 1.82) is 0 Å². The monoisotopic (exact) mass is 920 g/mol. The number of hydrogen-bond acceptors (Lipinski definition) is 12. The molecule has 4 aromatic rings. The molecule has 0 saturated heterocycles. The molecule has 2 aliphatic carbocycles. The van der Waals surface area contributed by atoms with E-state index >= 15 is 0 Å². The average Bonchev–Trinajstić information content (AvgIpc) is 3.85. The van der Waals surface area contributed by atoms with E-state index in [2.05, 4.69) is 0 Å². The maximum atomic E-state index is 13.8. The fourth-order valence-electron chi connectivity index (χ4n) is 8.11. The zero-order valence-electron chi connectivity index (χ0n) is 35.5. The average molecular weight is 921 g/mol. The van der Waals surface area contributed by atoms with Gasteiger partial charge in [-0.1, -0.05) is 0 Å². The van der Waals surface area contributed by atoms with E-state index in [0.29, 0.717) is 24.0 Å². The predicted molar refractivity (Wildman–Crippen MR) is 222 cm³/mol. The van der Waals surface area contributed by atoms with Gasteiger partial charge in [0.15, 0.2) is 0 Å². The molecule has 61 heavy (non-hydrogen) atoms. The van der Waals surface area contributed by atoms with Gasteiger partial charge in [0.05, 0.1) is 0 Å². The van der Waals surface area contributed by atoms with Crippen molar-refractivity contribution in [3.63, 3.8) is 0 Å². The SMILES string of the molecule is CCC(=O)[O][Ti]([O]C(=O)CC)([O]C(=O)CC)[CH]([SiH2][CH](c1cccc2c1Cc1ccccc1-2)[Ti]([O]C(=O)CC)([O]C(=O)CC)[O]C(=O)CC)c1cccc2c1Cc1ccccc1-2. The molecule has 0 spiro atoms. The van der Waals surface area contributed by atoms with Crippen LogP contribution in [0.4, 0.5) is 0 Å². The van der Waals surface area contributed by atoms with Crippen molar-refractivity contribution in [1.82, 2.24) is 0 Å². The molecule has 0 aromatic heterocycles. The van der Waals surface area contributed by atoms with Crippen LogP contribution in [0.3, 0.4) is 0 Å². The van der Waals surface area contributed by atoms with Crippen LogP contribution in [-0.4, -0.2) is 45.3 Å². The van der Waals surface area contributed by atoms with Crippen molar-refractivity contribution in [2.45, 2.75) is 101 Å². The molecule has 15 heteroatoms. The Kier molecular flexibility index (Phi) is 15.1. The summed E-state index contributed by atoms with van der Waals surface area (Å²) in [5.74, 6) is -4.44. The zero-order chi connectivity index (χ0) is 43.9. The molecular weight excluding hydrogens is 868 g/mol.